The topological polar surface area (TPSA) is 75.7 Å². The van der Waals surface area contributed by atoms with Crippen molar-refractivity contribution in [1.82, 2.24) is 15.0 Å². The van der Waals surface area contributed by atoms with Gasteiger partial charge in [-0.25, -0.2) is 9.97 Å². The number of Topliss-reactive ketones (excluding diaryl/α,β-unsaturated/α-hetero) is 2. The van der Waals surface area contributed by atoms with Gasteiger partial charge in [-0.2, -0.15) is 0 Å². The second-order valence-corrected chi connectivity index (χ2v) is 8.98. The van der Waals surface area contributed by atoms with Gasteiger partial charge in [0.1, 0.15) is 16.2 Å². The van der Waals surface area contributed by atoms with Crippen molar-refractivity contribution in [2.45, 2.75) is 51.8 Å². The molecule has 3 aromatic heterocycles. The van der Waals surface area contributed by atoms with E-state index in [0.717, 1.165) is 26.5 Å². The first-order chi connectivity index (χ1) is 12.2. The van der Waals surface area contributed by atoms with Crippen LogP contribution in [0.15, 0.2) is 11.4 Å². The maximum Gasteiger partial charge on any atom is 0.192 e. The van der Waals surface area contributed by atoms with Crippen molar-refractivity contribution in [3.05, 3.63) is 39.3 Å². The molecule has 3 rings (SSSR count). The predicted molar refractivity (Wildman–Crippen MR) is 107 cm³/mol. The number of carbonyl (C=O) groups excluding carboxylic acids is 2. The Morgan fingerprint density at radius 1 is 1.15 bits per heavy atom. The van der Waals surface area contributed by atoms with Crippen LogP contribution in [0.2, 0.25) is 0 Å². The third-order valence-corrected chi connectivity index (χ3v) is 6.84. The highest BCUT2D eigenvalue weighted by Crippen LogP contribution is 2.36. The van der Waals surface area contributed by atoms with Crippen molar-refractivity contribution in [1.29, 1.82) is 0 Å². The highest BCUT2D eigenvalue weighted by Gasteiger charge is 2.25. The van der Waals surface area contributed by atoms with E-state index in [1.54, 1.807) is 17.7 Å². The van der Waals surface area contributed by atoms with E-state index in [0.29, 0.717) is 11.3 Å². The number of thiophene rings is 1. The van der Waals surface area contributed by atoms with Gasteiger partial charge in [0.05, 0.1) is 10.9 Å². The summed E-state index contributed by atoms with van der Waals surface area (Å²) in [4.78, 5) is 38.8. The summed E-state index contributed by atoms with van der Waals surface area (Å²) in [6, 6.07) is 0. The van der Waals surface area contributed by atoms with E-state index in [9.17, 15) is 9.59 Å². The Labute approximate surface area is 160 Å². The van der Waals surface area contributed by atoms with Crippen LogP contribution in [-0.2, 0) is 0 Å². The smallest absolute Gasteiger partial charge is 0.192 e. The summed E-state index contributed by atoms with van der Waals surface area (Å²) in [5.74, 6) is -0.0584. The summed E-state index contributed by atoms with van der Waals surface area (Å²) in [7, 11) is 0. The van der Waals surface area contributed by atoms with E-state index in [2.05, 4.69) is 28.8 Å². The molecule has 3 heterocycles. The molecule has 0 fully saturated rings. The van der Waals surface area contributed by atoms with E-state index >= 15 is 0 Å². The Morgan fingerprint density at radius 3 is 2.46 bits per heavy atom. The van der Waals surface area contributed by atoms with Crippen LogP contribution in [0.4, 0.5) is 0 Å². The second-order valence-electron chi connectivity index (χ2n) is 6.45. The number of nitrogens with one attached hydrogen (secondary N) is 1. The highest BCUT2D eigenvalue weighted by atomic mass is 32.2. The minimum Gasteiger partial charge on any atom is -0.355 e. The number of hydrogen-bond acceptors (Lipinski definition) is 6. The number of ketones is 2. The van der Waals surface area contributed by atoms with Crippen molar-refractivity contribution in [2.24, 2.45) is 0 Å². The number of aromatic nitrogens is 3. The fourth-order valence-electron chi connectivity index (χ4n) is 3.19. The quantitative estimate of drug-likeness (QED) is 0.386. The Hall–Kier alpha value is -1.99. The Bertz CT molecular complexity index is 1030. The maximum atomic E-state index is 13.0. The van der Waals surface area contributed by atoms with Crippen LogP contribution in [0.3, 0.4) is 0 Å². The molecule has 0 aliphatic rings. The van der Waals surface area contributed by atoms with E-state index < -0.39 is 0 Å². The van der Waals surface area contributed by atoms with Crippen molar-refractivity contribution in [3.8, 4) is 0 Å². The lowest BCUT2D eigenvalue weighted by molar-refractivity contribution is 0.0988. The molecule has 0 aliphatic carbocycles. The van der Waals surface area contributed by atoms with Crippen molar-refractivity contribution in [2.75, 3.05) is 0 Å². The van der Waals surface area contributed by atoms with Crippen LogP contribution in [0.25, 0.3) is 10.2 Å². The van der Waals surface area contributed by atoms with Gasteiger partial charge in [-0.15, -0.1) is 11.3 Å². The minimum atomic E-state index is -0.329. The molecule has 0 aliphatic heterocycles. The molecule has 1 N–H and O–H groups in total. The number of H-pyrrole nitrogens is 1. The lowest BCUT2D eigenvalue weighted by Gasteiger charge is -2.10. The first kappa shape index (κ1) is 18.8. The lowest BCUT2D eigenvalue weighted by Crippen LogP contribution is -2.15. The maximum absolute atomic E-state index is 13.0. The normalized spacial score (nSPS) is 12.5. The van der Waals surface area contributed by atoms with Crippen molar-refractivity contribution in [3.63, 3.8) is 0 Å². The third-order valence-electron chi connectivity index (χ3n) is 4.62. The SMILES string of the molecule is CC(=O)c1c(C)[nH]c(C(=O)[C@@H](C)Sc2ncnc3sc(C)c(C)c23)c1C. The predicted octanol–water partition coefficient (Wildman–Crippen LogP) is 4.82. The van der Waals surface area contributed by atoms with Gasteiger partial charge in [-0.3, -0.25) is 9.59 Å². The fourth-order valence-corrected chi connectivity index (χ4v) is 5.29. The minimum absolute atomic E-state index is 0.0283. The monoisotopic (exact) mass is 387 g/mol. The molecule has 0 amide bonds. The molecule has 3 aromatic rings. The van der Waals surface area contributed by atoms with Crippen molar-refractivity contribution >= 4 is 44.9 Å². The first-order valence-corrected chi connectivity index (χ1v) is 10.0. The number of thioether (sulfide) groups is 1. The van der Waals surface area contributed by atoms with E-state index in [4.69, 9.17) is 0 Å². The largest absolute Gasteiger partial charge is 0.355 e. The van der Waals surface area contributed by atoms with Crippen LogP contribution >= 0.6 is 23.1 Å². The Kier molecular flexibility index (Phi) is 5.03. The van der Waals surface area contributed by atoms with Crippen LogP contribution < -0.4 is 0 Å². The summed E-state index contributed by atoms with van der Waals surface area (Å²) in [6.07, 6.45) is 1.55. The van der Waals surface area contributed by atoms with Gasteiger partial charge in [0.2, 0.25) is 0 Å². The molecule has 0 saturated heterocycles. The van der Waals surface area contributed by atoms with Gasteiger partial charge in [0.15, 0.2) is 11.6 Å². The average molecular weight is 388 g/mol. The fraction of sp³-hybridized carbons (Fsp3) is 0.368. The van der Waals surface area contributed by atoms with Crippen LogP contribution in [0, 0.1) is 27.7 Å². The number of nitrogens with zero attached hydrogens (tertiary/aromatic N) is 2. The van der Waals surface area contributed by atoms with Gasteiger partial charge in [-0.05, 0) is 52.7 Å². The summed E-state index contributed by atoms with van der Waals surface area (Å²) in [6.45, 7) is 11.2. The number of hydrogen-bond donors (Lipinski definition) is 1. The molecule has 0 radical (unpaired) electrons. The standard InChI is InChI=1S/C19H21N3O2S2/c1-8-12(5)25-18-15(8)19(21-7-20-18)26-13(6)17(24)16-9(2)14(11(4)23)10(3)22-16/h7,13,22H,1-6H3/t13-/m1/s1. The van der Waals surface area contributed by atoms with Crippen molar-refractivity contribution < 1.29 is 9.59 Å². The van der Waals surface area contributed by atoms with Gasteiger partial charge in [-0.1, -0.05) is 11.8 Å². The Morgan fingerprint density at radius 2 is 1.85 bits per heavy atom. The van der Waals surface area contributed by atoms with E-state index in [-0.39, 0.29) is 16.8 Å². The molecule has 5 nitrogen and oxygen atoms in total. The molecule has 0 aromatic carbocycles. The highest BCUT2D eigenvalue weighted by molar-refractivity contribution is 8.00. The van der Waals surface area contributed by atoms with Crippen LogP contribution in [0.1, 0.15) is 56.4 Å². The average Bonchev–Trinajstić information content (AvgIpc) is 3.03. The Balaban J connectivity index is 1.94. The summed E-state index contributed by atoms with van der Waals surface area (Å²) in [5.41, 5.74) is 3.75. The molecule has 0 unspecified atom stereocenters. The molecule has 0 bridgehead atoms. The van der Waals surface area contributed by atoms with Gasteiger partial charge >= 0.3 is 0 Å². The van der Waals surface area contributed by atoms with Gasteiger partial charge in [0, 0.05) is 21.5 Å². The molecule has 7 heteroatoms. The molecule has 0 saturated carbocycles. The molecular formula is C19H21N3O2S2. The summed E-state index contributed by atoms with van der Waals surface area (Å²) in [5, 5.41) is 1.53. The number of aryl methyl sites for hydroxylation is 3. The molecule has 1 atom stereocenters. The van der Waals surface area contributed by atoms with Gasteiger partial charge < -0.3 is 4.98 Å². The summed E-state index contributed by atoms with van der Waals surface area (Å²) >= 11 is 3.08. The zero-order chi connectivity index (χ0) is 19.2. The van der Waals surface area contributed by atoms with Crippen LogP contribution in [-0.4, -0.2) is 31.8 Å². The van der Waals surface area contributed by atoms with Gasteiger partial charge in [0.25, 0.3) is 0 Å². The third kappa shape index (κ3) is 3.10. The molecule has 0 spiro atoms. The molecule has 26 heavy (non-hydrogen) atoms. The molecular weight excluding hydrogens is 366 g/mol. The number of carbonyl (C=O) groups is 2. The lowest BCUT2D eigenvalue weighted by atomic mass is 10.0. The van der Waals surface area contributed by atoms with E-state index in [1.165, 1.54) is 29.1 Å². The number of fused-ring (bicyclic) bond motifs is 1. The van der Waals surface area contributed by atoms with E-state index in [1.807, 2.05) is 20.8 Å². The molecule has 136 valence electrons. The number of rotatable bonds is 5. The summed E-state index contributed by atoms with van der Waals surface area (Å²) < 4.78 is 0. The zero-order valence-corrected chi connectivity index (χ0v) is 17.3. The first-order valence-electron chi connectivity index (χ1n) is 8.34. The zero-order valence-electron chi connectivity index (χ0n) is 15.7. The second kappa shape index (κ2) is 6.96. The van der Waals surface area contributed by atoms with Crippen LogP contribution in [0.5, 0.6) is 0 Å². The number of aromatic amines is 1.